The summed E-state index contributed by atoms with van der Waals surface area (Å²) in [6.07, 6.45) is 0. The fourth-order valence-corrected chi connectivity index (χ4v) is 5.32. The lowest BCUT2D eigenvalue weighted by atomic mass is 10.2. The van der Waals surface area contributed by atoms with Gasteiger partial charge in [-0.25, -0.2) is 8.42 Å². The molecule has 0 aliphatic rings. The molecular formula is C23H19ClN2O3S2. The van der Waals surface area contributed by atoms with Crippen molar-refractivity contribution in [3.8, 4) is 0 Å². The van der Waals surface area contributed by atoms with E-state index in [0.717, 1.165) is 21.3 Å². The van der Waals surface area contributed by atoms with E-state index in [2.05, 4.69) is 5.32 Å². The van der Waals surface area contributed by atoms with Gasteiger partial charge in [-0.05, 0) is 73.0 Å². The number of hydrogen-bond donors (Lipinski definition) is 1. The number of rotatable bonds is 5. The van der Waals surface area contributed by atoms with Gasteiger partial charge in [-0.2, -0.15) is 0 Å². The van der Waals surface area contributed by atoms with Crippen molar-refractivity contribution in [1.82, 2.24) is 0 Å². The molecule has 1 amide bonds. The van der Waals surface area contributed by atoms with Crippen LogP contribution in [0.1, 0.15) is 15.2 Å². The Labute approximate surface area is 189 Å². The van der Waals surface area contributed by atoms with Gasteiger partial charge in [0.15, 0.2) is 0 Å². The Hall–Kier alpha value is -2.87. The first-order valence-electron chi connectivity index (χ1n) is 9.40. The summed E-state index contributed by atoms with van der Waals surface area (Å²) in [4.78, 5) is 13.3. The molecule has 0 unspecified atom stereocenters. The average Bonchev–Trinajstić information content (AvgIpc) is 3.18. The Morgan fingerprint density at radius 3 is 2.32 bits per heavy atom. The Morgan fingerprint density at radius 1 is 0.968 bits per heavy atom. The predicted molar refractivity (Wildman–Crippen MR) is 128 cm³/mol. The topological polar surface area (TPSA) is 66.5 Å². The lowest BCUT2D eigenvalue weighted by molar-refractivity contribution is 0.103. The van der Waals surface area contributed by atoms with Crippen LogP contribution in [0, 0.1) is 6.92 Å². The molecule has 0 bridgehead atoms. The molecule has 1 aromatic heterocycles. The number of nitrogens with one attached hydrogen (secondary N) is 1. The van der Waals surface area contributed by atoms with Crippen molar-refractivity contribution in [1.29, 1.82) is 0 Å². The SMILES string of the molecule is Cc1ccc(NC(=O)c2cc3cc(N(C)S(=O)(=O)c4ccc(Cl)cc4)ccc3s2)cc1. The number of benzene rings is 3. The number of amides is 1. The highest BCUT2D eigenvalue weighted by atomic mass is 35.5. The van der Waals surface area contributed by atoms with Crippen LogP contribution in [0.25, 0.3) is 10.1 Å². The average molecular weight is 471 g/mol. The van der Waals surface area contributed by atoms with E-state index < -0.39 is 10.0 Å². The third-order valence-corrected chi connectivity index (χ3v) is 8.04. The first kappa shape index (κ1) is 21.4. The molecular weight excluding hydrogens is 452 g/mol. The Kier molecular flexibility index (Phi) is 5.75. The van der Waals surface area contributed by atoms with Gasteiger partial charge in [0, 0.05) is 22.5 Å². The summed E-state index contributed by atoms with van der Waals surface area (Å²) >= 11 is 7.23. The van der Waals surface area contributed by atoms with Crippen LogP contribution in [-0.2, 0) is 10.0 Å². The van der Waals surface area contributed by atoms with E-state index in [9.17, 15) is 13.2 Å². The number of nitrogens with zero attached hydrogens (tertiary/aromatic N) is 1. The van der Waals surface area contributed by atoms with Crippen LogP contribution in [-0.4, -0.2) is 21.4 Å². The number of aryl methyl sites for hydroxylation is 1. The minimum atomic E-state index is -3.73. The van der Waals surface area contributed by atoms with Gasteiger partial charge in [-0.15, -0.1) is 11.3 Å². The molecule has 0 atom stereocenters. The van der Waals surface area contributed by atoms with Gasteiger partial charge >= 0.3 is 0 Å². The highest BCUT2D eigenvalue weighted by Crippen LogP contribution is 2.31. The van der Waals surface area contributed by atoms with Crippen LogP contribution in [0.5, 0.6) is 0 Å². The molecule has 5 nitrogen and oxygen atoms in total. The largest absolute Gasteiger partial charge is 0.321 e. The highest BCUT2D eigenvalue weighted by molar-refractivity contribution is 7.92. The molecule has 158 valence electrons. The molecule has 0 aliphatic heterocycles. The zero-order valence-electron chi connectivity index (χ0n) is 16.8. The minimum Gasteiger partial charge on any atom is -0.321 e. The zero-order chi connectivity index (χ0) is 22.2. The molecule has 31 heavy (non-hydrogen) atoms. The van der Waals surface area contributed by atoms with Crippen molar-refractivity contribution in [3.63, 3.8) is 0 Å². The first-order chi connectivity index (χ1) is 14.7. The zero-order valence-corrected chi connectivity index (χ0v) is 19.2. The number of thiophene rings is 1. The number of carbonyl (C=O) groups excluding carboxylic acids is 1. The molecule has 4 rings (SSSR count). The summed E-state index contributed by atoms with van der Waals surface area (Å²) in [5.74, 6) is -0.200. The maximum Gasteiger partial charge on any atom is 0.265 e. The lowest BCUT2D eigenvalue weighted by Gasteiger charge is -2.19. The lowest BCUT2D eigenvalue weighted by Crippen LogP contribution is -2.26. The molecule has 3 aromatic carbocycles. The standard InChI is InChI=1S/C23H19ClN2O3S2/c1-15-3-7-18(8-4-15)25-23(27)22-14-16-13-19(9-12-21(16)30-22)26(2)31(28,29)20-10-5-17(24)6-11-20/h3-14H,1-2H3,(H,25,27). The fourth-order valence-electron chi connectivity index (χ4n) is 3.07. The van der Waals surface area contributed by atoms with Gasteiger partial charge in [-0.3, -0.25) is 9.10 Å². The summed E-state index contributed by atoms with van der Waals surface area (Å²) in [7, 11) is -2.23. The van der Waals surface area contributed by atoms with E-state index in [0.29, 0.717) is 15.6 Å². The van der Waals surface area contributed by atoms with Crippen molar-refractivity contribution >= 4 is 60.3 Å². The van der Waals surface area contributed by atoms with Crippen molar-refractivity contribution < 1.29 is 13.2 Å². The maximum absolute atomic E-state index is 12.9. The van der Waals surface area contributed by atoms with Crippen molar-refractivity contribution in [2.24, 2.45) is 0 Å². The molecule has 0 saturated heterocycles. The van der Waals surface area contributed by atoms with E-state index in [1.165, 1.54) is 34.8 Å². The van der Waals surface area contributed by atoms with Crippen LogP contribution < -0.4 is 9.62 Å². The summed E-state index contributed by atoms with van der Waals surface area (Å²) in [6.45, 7) is 1.99. The number of halogens is 1. The number of sulfonamides is 1. The second kappa shape index (κ2) is 8.34. The summed E-state index contributed by atoms with van der Waals surface area (Å²) in [6, 6.07) is 20.7. The van der Waals surface area contributed by atoms with Crippen molar-refractivity contribution in [3.05, 3.63) is 88.3 Å². The van der Waals surface area contributed by atoms with Gasteiger partial charge < -0.3 is 5.32 Å². The van der Waals surface area contributed by atoms with Crippen LogP contribution in [0.15, 0.2) is 77.7 Å². The normalized spacial score (nSPS) is 11.5. The van der Waals surface area contributed by atoms with E-state index in [4.69, 9.17) is 11.6 Å². The van der Waals surface area contributed by atoms with E-state index >= 15 is 0 Å². The molecule has 1 heterocycles. The molecule has 0 radical (unpaired) electrons. The van der Waals surface area contributed by atoms with Gasteiger partial charge in [0.1, 0.15) is 0 Å². The molecule has 0 fully saturated rings. The van der Waals surface area contributed by atoms with Gasteiger partial charge in [0.05, 0.1) is 15.5 Å². The number of hydrogen-bond acceptors (Lipinski definition) is 4. The third kappa shape index (κ3) is 4.44. The summed E-state index contributed by atoms with van der Waals surface area (Å²) in [5, 5.41) is 4.16. The van der Waals surface area contributed by atoms with Crippen molar-refractivity contribution in [2.75, 3.05) is 16.7 Å². The number of fused-ring (bicyclic) bond motifs is 1. The number of carbonyl (C=O) groups is 1. The van der Waals surface area contributed by atoms with Gasteiger partial charge in [0.25, 0.3) is 15.9 Å². The monoisotopic (exact) mass is 470 g/mol. The highest BCUT2D eigenvalue weighted by Gasteiger charge is 2.22. The fraction of sp³-hybridized carbons (Fsp3) is 0.0870. The smallest absolute Gasteiger partial charge is 0.265 e. The van der Waals surface area contributed by atoms with Crippen molar-refractivity contribution in [2.45, 2.75) is 11.8 Å². The summed E-state index contributed by atoms with van der Waals surface area (Å²) < 4.78 is 28.0. The quantitative estimate of drug-likeness (QED) is 0.392. The van der Waals surface area contributed by atoms with Crippen LogP contribution >= 0.6 is 22.9 Å². The molecule has 8 heteroatoms. The van der Waals surface area contributed by atoms with Crippen LogP contribution in [0.4, 0.5) is 11.4 Å². The third-order valence-electron chi connectivity index (χ3n) is 4.87. The van der Waals surface area contributed by atoms with E-state index in [-0.39, 0.29) is 10.8 Å². The summed E-state index contributed by atoms with van der Waals surface area (Å²) in [5.41, 5.74) is 2.35. The number of anilines is 2. The predicted octanol–water partition coefficient (Wildman–Crippen LogP) is 5.94. The molecule has 4 aromatic rings. The Bertz CT molecular complexity index is 1360. The molecule has 1 N–H and O–H groups in total. The first-order valence-corrected chi connectivity index (χ1v) is 12.0. The second-order valence-corrected chi connectivity index (χ2v) is 10.6. The Morgan fingerprint density at radius 2 is 1.65 bits per heavy atom. The molecule has 0 saturated carbocycles. The minimum absolute atomic E-state index is 0.156. The van der Waals surface area contributed by atoms with Gasteiger partial charge in [-0.1, -0.05) is 29.3 Å². The van der Waals surface area contributed by atoms with E-state index in [1.807, 2.05) is 37.3 Å². The molecule has 0 spiro atoms. The Balaban J connectivity index is 1.60. The second-order valence-electron chi connectivity index (χ2n) is 7.08. The van der Waals surface area contributed by atoms with Crippen LogP contribution in [0.3, 0.4) is 0 Å². The molecule has 0 aliphatic carbocycles. The maximum atomic E-state index is 12.9. The van der Waals surface area contributed by atoms with Crippen LogP contribution in [0.2, 0.25) is 5.02 Å². The van der Waals surface area contributed by atoms with E-state index in [1.54, 1.807) is 30.3 Å². The van der Waals surface area contributed by atoms with Gasteiger partial charge in [0.2, 0.25) is 0 Å².